The Morgan fingerprint density at radius 2 is 1.96 bits per heavy atom. The van der Waals surface area contributed by atoms with Crippen molar-refractivity contribution in [3.8, 4) is 17.2 Å². The maximum atomic E-state index is 12.8. The number of amides is 1. The molecule has 27 heavy (non-hydrogen) atoms. The molecule has 2 aromatic rings. The van der Waals surface area contributed by atoms with Gasteiger partial charge in [-0.2, -0.15) is 0 Å². The molecule has 1 aromatic carbocycles. The number of carbonyl (C=O) groups is 2. The van der Waals surface area contributed by atoms with Gasteiger partial charge in [0.2, 0.25) is 0 Å². The highest BCUT2D eigenvalue weighted by Crippen LogP contribution is 2.32. The summed E-state index contributed by atoms with van der Waals surface area (Å²) in [5, 5.41) is 17.2. The van der Waals surface area contributed by atoms with Crippen molar-refractivity contribution in [2.24, 2.45) is 5.92 Å². The lowest BCUT2D eigenvalue weighted by Crippen LogP contribution is -2.38. The molecule has 0 atom stereocenters. The minimum absolute atomic E-state index is 0.126. The van der Waals surface area contributed by atoms with Gasteiger partial charge in [-0.25, -0.2) is 4.68 Å². The number of carboxylic acids is 1. The number of carbonyl (C=O) groups excluding carboxylic acids is 1. The molecule has 0 spiro atoms. The summed E-state index contributed by atoms with van der Waals surface area (Å²) < 4.78 is 12.6. The fourth-order valence-electron chi connectivity index (χ4n) is 2.91. The van der Waals surface area contributed by atoms with E-state index >= 15 is 0 Å². The Balaban J connectivity index is 1.90. The Morgan fingerprint density at radius 1 is 1.26 bits per heavy atom. The monoisotopic (exact) mass is 374 g/mol. The maximum absolute atomic E-state index is 12.8. The van der Waals surface area contributed by atoms with E-state index in [-0.39, 0.29) is 18.2 Å². The topological polar surface area (TPSA) is 107 Å². The lowest BCUT2D eigenvalue weighted by molar-refractivity contribution is -0.137. The molecular weight excluding hydrogens is 352 g/mol. The SMILES string of the molecule is Cc1c(C(=O)N(CC(=O)O)CC(C)C)nnn1-c1ccc2c(c1)OCCO2. The van der Waals surface area contributed by atoms with Gasteiger partial charge in [-0.15, -0.1) is 5.10 Å². The second kappa shape index (κ2) is 7.65. The number of nitrogens with zero attached hydrogens (tertiary/aromatic N) is 4. The number of fused-ring (bicyclic) bond motifs is 1. The number of hydrogen-bond acceptors (Lipinski definition) is 6. The predicted molar refractivity (Wildman–Crippen MR) is 95.5 cm³/mol. The van der Waals surface area contributed by atoms with Crippen LogP contribution in [0, 0.1) is 12.8 Å². The average Bonchev–Trinajstić information content (AvgIpc) is 3.00. The molecule has 1 N–H and O–H groups in total. The Morgan fingerprint density at radius 3 is 2.63 bits per heavy atom. The van der Waals surface area contributed by atoms with Crippen LogP contribution in [0.2, 0.25) is 0 Å². The Labute approximate surface area is 156 Å². The van der Waals surface area contributed by atoms with Crippen molar-refractivity contribution in [1.82, 2.24) is 19.9 Å². The lowest BCUT2D eigenvalue weighted by atomic mass is 10.2. The van der Waals surface area contributed by atoms with Crippen LogP contribution in [0.5, 0.6) is 11.5 Å². The Kier molecular flexibility index (Phi) is 5.29. The van der Waals surface area contributed by atoms with Gasteiger partial charge in [0.1, 0.15) is 19.8 Å². The smallest absolute Gasteiger partial charge is 0.323 e. The van der Waals surface area contributed by atoms with Crippen molar-refractivity contribution in [1.29, 1.82) is 0 Å². The van der Waals surface area contributed by atoms with E-state index in [1.807, 2.05) is 13.8 Å². The number of hydrogen-bond donors (Lipinski definition) is 1. The Bertz CT molecular complexity index is 861. The molecule has 0 saturated heterocycles. The van der Waals surface area contributed by atoms with Crippen molar-refractivity contribution in [2.45, 2.75) is 20.8 Å². The van der Waals surface area contributed by atoms with E-state index in [9.17, 15) is 9.59 Å². The largest absolute Gasteiger partial charge is 0.486 e. The highest BCUT2D eigenvalue weighted by atomic mass is 16.6. The predicted octanol–water partition coefficient (Wildman–Crippen LogP) is 1.53. The van der Waals surface area contributed by atoms with Crippen molar-refractivity contribution in [2.75, 3.05) is 26.3 Å². The van der Waals surface area contributed by atoms with Crippen LogP contribution in [0.1, 0.15) is 30.0 Å². The number of rotatable bonds is 6. The summed E-state index contributed by atoms with van der Waals surface area (Å²) in [5.74, 6) is -0.132. The van der Waals surface area contributed by atoms with E-state index in [1.165, 1.54) is 9.58 Å². The summed E-state index contributed by atoms with van der Waals surface area (Å²) in [6, 6.07) is 5.35. The molecule has 0 saturated carbocycles. The third-order valence-electron chi connectivity index (χ3n) is 4.07. The van der Waals surface area contributed by atoms with Crippen LogP contribution < -0.4 is 9.47 Å². The highest BCUT2D eigenvalue weighted by Gasteiger charge is 2.25. The molecule has 2 heterocycles. The van der Waals surface area contributed by atoms with Gasteiger partial charge in [-0.3, -0.25) is 9.59 Å². The third kappa shape index (κ3) is 4.02. The van der Waals surface area contributed by atoms with E-state index in [2.05, 4.69) is 10.3 Å². The fraction of sp³-hybridized carbons (Fsp3) is 0.444. The maximum Gasteiger partial charge on any atom is 0.323 e. The normalized spacial score (nSPS) is 12.9. The second-order valence-electron chi connectivity index (χ2n) is 6.74. The van der Waals surface area contributed by atoms with Crippen LogP contribution in [0.3, 0.4) is 0 Å². The van der Waals surface area contributed by atoms with Crippen LogP contribution in [0.25, 0.3) is 5.69 Å². The molecule has 3 rings (SSSR count). The van der Waals surface area contributed by atoms with Crippen LogP contribution in [0.4, 0.5) is 0 Å². The summed E-state index contributed by atoms with van der Waals surface area (Å²) in [7, 11) is 0. The first-order valence-corrected chi connectivity index (χ1v) is 8.70. The molecule has 0 bridgehead atoms. The first kappa shape index (κ1) is 18.7. The van der Waals surface area contributed by atoms with E-state index < -0.39 is 11.9 Å². The number of aliphatic carboxylic acids is 1. The minimum Gasteiger partial charge on any atom is -0.486 e. The lowest BCUT2D eigenvalue weighted by Gasteiger charge is -2.22. The van der Waals surface area contributed by atoms with Gasteiger partial charge in [0.25, 0.3) is 5.91 Å². The van der Waals surface area contributed by atoms with Crippen LogP contribution in [-0.2, 0) is 4.79 Å². The van der Waals surface area contributed by atoms with E-state index in [4.69, 9.17) is 14.6 Å². The van der Waals surface area contributed by atoms with Gasteiger partial charge >= 0.3 is 5.97 Å². The summed E-state index contributed by atoms with van der Waals surface area (Å²) in [6.07, 6.45) is 0. The number of ether oxygens (including phenoxy) is 2. The zero-order valence-corrected chi connectivity index (χ0v) is 15.5. The molecule has 1 aliphatic rings. The zero-order valence-electron chi connectivity index (χ0n) is 15.5. The van der Waals surface area contributed by atoms with Gasteiger partial charge in [-0.1, -0.05) is 19.1 Å². The summed E-state index contributed by atoms with van der Waals surface area (Å²) in [5.41, 5.74) is 1.33. The molecule has 1 aliphatic heterocycles. The molecule has 0 fully saturated rings. The van der Waals surface area contributed by atoms with Crippen molar-refractivity contribution in [3.63, 3.8) is 0 Å². The molecule has 1 amide bonds. The first-order chi connectivity index (χ1) is 12.9. The van der Waals surface area contributed by atoms with Gasteiger partial charge in [0, 0.05) is 12.6 Å². The molecular formula is C18H22N4O5. The molecule has 0 aliphatic carbocycles. The third-order valence-corrected chi connectivity index (χ3v) is 4.07. The van der Waals surface area contributed by atoms with Crippen molar-refractivity contribution >= 4 is 11.9 Å². The number of carboxylic acid groups (broad SMARTS) is 1. The van der Waals surface area contributed by atoms with Crippen LogP contribution in [-0.4, -0.2) is 63.2 Å². The van der Waals surface area contributed by atoms with Gasteiger partial charge < -0.3 is 19.5 Å². The quantitative estimate of drug-likeness (QED) is 0.817. The zero-order chi connectivity index (χ0) is 19.6. The summed E-state index contributed by atoms with van der Waals surface area (Å²) in [4.78, 5) is 25.2. The molecule has 144 valence electrons. The van der Waals surface area contributed by atoms with E-state index in [0.29, 0.717) is 42.6 Å². The molecule has 1 aromatic heterocycles. The first-order valence-electron chi connectivity index (χ1n) is 8.70. The number of aromatic nitrogens is 3. The van der Waals surface area contributed by atoms with Crippen LogP contribution in [0.15, 0.2) is 18.2 Å². The van der Waals surface area contributed by atoms with Gasteiger partial charge in [-0.05, 0) is 25.0 Å². The van der Waals surface area contributed by atoms with Crippen LogP contribution >= 0.6 is 0 Å². The van der Waals surface area contributed by atoms with E-state index in [0.717, 1.165) is 0 Å². The van der Waals surface area contributed by atoms with Gasteiger partial charge in [0.05, 0.1) is 11.4 Å². The van der Waals surface area contributed by atoms with Crippen molar-refractivity contribution < 1.29 is 24.2 Å². The second-order valence-corrected chi connectivity index (χ2v) is 6.74. The standard InChI is InChI=1S/C18H22N4O5/c1-11(2)9-21(10-16(23)24)18(25)17-12(3)22(20-19-17)13-4-5-14-15(8-13)27-7-6-26-14/h4-5,8,11H,6-7,9-10H2,1-3H3,(H,23,24). The molecule has 9 heteroatoms. The average molecular weight is 374 g/mol. The Hall–Kier alpha value is -3.10. The molecule has 9 nitrogen and oxygen atoms in total. The van der Waals surface area contributed by atoms with Crippen molar-refractivity contribution in [3.05, 3.63) is 29.6 Å². The molecule has 0 unspecified atom stereocenters. The summed E-state index contributed by atoms with van der Waals surface area (Å²) >= 11 is 0. The highest BCUT2D eigenvalue weighted by molar-refractivity contribution is 5.95. The minimum atomic E-state index is -1.07. The summed E-state index contributed by atoms with van der Waals surface area (Å²) in [6.45, 7) is 6.47. The van der Waals surface area contributed by atoms with E-state index in [1.54, 1.807) is 25.1 Å². The van der Waals surface area contributed by atoms with Gasteiger partial charge in [0.15, 0.2) is 17.2 Å². The number of benzene rings is 1. The molecule has 0 radical (unpaired) electrons. The fourth-order valence-corrected chi connectivity index (χ4v) is 2.91.